The van der Waals surface area contributed by atoms with Crippen LogP contribution < -0.4 is 10.1 Å². The largest absolute Gasteiger partial charge is 0.483 e. The first kappa shape index (κ1) is 15.4. The molecule has 0 aliphatic heterocycles. The maximum Gasteiger partial charge on any atom is 0.269 e. The van der Waals surface area contributed by atoms with Crippen molar-refractivity contribution in [2.24, 2.45) is 0 Å². The van der Waals surface area contributed by atoms with Gasteiger partial charge < -0.3 is 10.1 Å². The minimum absolute atomic E-state index is 0.0411. The van der Waals surface area contributed by atoms with E-state index >= 15 is 0 Å². The first-order valence-corrected chi connectivity index (χ1v) is 6.39. The van der Waals surface area contributed by atoms with Gasteiger partial charge in [0.05, 0.1) is 4.92 Å². The Kier molecular flexibility index (Phi) is 4.67. The summed E-state index contributed by atoms with van der Waals surface area (Å²) in [7, 11) is 0. The van der Waals surface area contributed by atoms with Crippen molar-refractivity contribution in [1.82, 2.24) is 0 Å². The summed E-state index contributed by atoms with van der Waals surface area (Å²) in [5.74, 6) is -0.417. The van der Waals surface area contributed by atoms with Crippen molar-refractivity contribution in [2.45, 2.75) is 6.92 Å². The van der Waals surface area contributed by atoms with E-state index in [4.69, 9.17) is 4.74 Å². The molecule has 114 valence electrons. The van der Waals surface area contributed by atoms with Crippen molar-refractivity contribution in [2.75, 3.05) is 11.9 Å². The topological polar surface area (TPSA) is 81.5 Å². The highest BCUT2D eigenvalue weighted by atomic mass is 19.1. The molecule has 1 amide bonds. The molecule has 0 heterocycles. The van der Waals surface area contributed by atoms with Crippen LogP contribution in [0.15, 0.2) is 42.5 Å². The number of rotatable bonds is 5. The van der Waals surface area contributed by atoms with Gasteiger partial charge in [-0.2, -0.15) is 0 Å². The number of carbonyl (C=O) groups excluding carboxylic acids is 1. The molecule has 0 unspecified atom stereocenters. The van der Waals surface area contributed by atoms with Crippen LogP contribution in [0.25, 0.3) is 0 Å². The molecule has 0 radical (unpaired) electrons. The molecule has 0 atom stereocenters. The Morgan fingerprint density at radius 1 is 1.27 bits per heavy atom. The maximum absolute atomic E-state index is 12.7. The number of nitrogens with zero attached hydrogens (tertiary/aromatic N) is 1. The van der Waals surface area contributed by atoms with E-state index in [1.54, 1.807) is 6.92 Å². The molecule has 1 N–H and O–H groups in total. The van der Waals surface area contributed by atoms with E-state index in [1.807, 2.05) is 0 Å². The van der Waals surface area contributed by atoms with Crippen molar-refractivity contribution >= 4 is 17.3 Å². The van der Waals surface area contributed by atoms with Crippen molar-refractivity contribution in [3.8, 4) is 5.75 Å². The van der Waals surface area contributed by atoms with Crippen molar-refractivity contribution in [3.63, 3.8) is 0 Å². The lowest BCUT2D eigenvalue weighted by Crippen LogP contribution is -2.20. The van der Waals surface area contributed by atoms with Gasteiger partial charge in [0.2, 0.25) is 0 Å². The molecule has 0 bridgehead atoms. The average molecular weight is 304 g/mol. The van der Waals surface area contributed by atoms with E-state index in [-0.39, 0.29) is 12.3 Å². The number of amides is 1. The fraction of sp³-hybridized carbons (Fsp3) is 0.133. The van der Waals surface area contributed by atoms with Crippen LogP contribution >= 0.6 is 0 Å². The van der Waals surface area contributed by atoms with Gasteiger partial charge in [-0.05, 0) is 42.8 Å². The molecule has 7 heteroatoms. The standard InChI is InChI=1S/C15H13FN2O4/c1-10-8-13(18(20)21)6-7-14(10)22-9-15(19)17-12-4-2-11(16)3-5-12/h2-8H,9H2,1H3,(H,17,19). The average Bonchev–Trinajstić information content (AvgIpc) is 2.48. The molecule has 0 fully saturated rings. The summed E-state index contributed by atoms with van der Waals surface area (Å²) in [6, 6.07) is 9.45. The summed E-state index contributed by atoms with van der Waals surface area (Å²) >= 11 is 0. The maximum atomic E-state index is 12.7. The minimum Gasteiger partial charge on any atom is -0.483 e. The van der Waals surface area contributed by atoms with Crippen LogP contribution in [0.4, 0.5) is 15.8 Å². The van der Waals surface area contributed by atoms with E-state index < -0.39 is 16.6 Å². The molecule has 0 aliphatic carbocycles. The van der Waals surface area contributed by atoms with E-state index in [0.29, 0.717) is 17.0 Å². The van der Waals surface area contributed by atoms with Crippen LogP contribution in [-0.2, 0) is 4.79 Å². The molecule has 0 aromatic heterocycles. The van der Waals surface area contributed by atoms with E-state index in [9.17, 15) is 19.3 Å². The first-order chi connectivity index (χ1) is 10.5. The highest BCUT2D eigenvalue weighted by molar-refractivity contribution is 5.91. The summed E-state index contributed by atoms with van der Waals surface area (Å²) in [6.07, 6.45) is 0. The number of hydrogen-bond donors (Lipinski definition) is 1. The lowest BCUT2D eigenvalue weighted by molar-refractivity contribution is -0.384. The number of non-ortho nitro benzene ring substituents is 1. The number of aryl methyl sites for hydroxylation is 1. The predicted molar refractivity (Wildman–Crippen MR) is 78.4 cm³/mol. The lowest BCUT2D eigenvalue weighted by Gasteiger charge is -2.09. The molecule has 2 rings (SSSR count). The molecule has 22 heavy (non-hydrogen) atoms. The number of anilines is 1. The number of nitro groups is 1. The molecule has 2 aromatic carbocycles. The van der Waals surface area contributed by atoms with Gasteiger partial charge >= 0.3 is 0 Å². The monoisotopic (exact) mass is 304 g/mol. The number of ether oxygens (including phenoxy) is 1. The van der Waals surface area contributed by atoms with Gasteiger partial charge in [0.25, 0.3) is 11.6 Å². The number of halogens is 1. The smallest absolute Gasteiger partial charge is 0.269 e. The van der Waals surface area contributed by atoms with E-state index in [2.05, 4.69) is 5.32 Å². The second kappa shape index (κ2) is 6.66. The Labute approximate surface area is 125 Å². The zero-order chi connectivity index (χ0) is 16.1. The first-order valence-electron chi connectivity index (χ1n) is 6.39. The van der Waals surface area contributed by atoms with Crippen LogP contribution in [0.3, 0.4) is 0 Å². The Hall–Kier alpha value is -2.96. The highest BCUT2D eigenvalue weighted by Gasteiger charge is 2.10. The van der Waals surface area contributed by atoms with Gasteiger partial charge in [-0.1, -0.05) is 0 Å². The predicted octanol–water partition coefficient (Wildman–Crippen LogP) is 3.06. The molecular formula is C15H13FN2O4. The van der Waals surface area contributed by atoms with Crippen molar-refractivity contribution < 1.29 is 18.8 Å². The third kappa shape index (κ3) is 4.02. The van der Waals surface area contributed by atoms with Crippen molar-refractivity contribution in [3.05, 3.63) is 64.0 Å². The van der Waals surface area contributed by atoms with Crippen LogP contribution in [-0.4, -0.2) is 17.4 Å². The number of hydrogen-bond acceptors (Lipinski definition) is 4. The second-order valence-corrected chi connectivity index (χ2v) is 4.55. The summed E-state index contributed by atoms with van der Waals surface area (Å²) in [5, 5.41) is 13.2. The number of carbonyl (C=O) groups is 1. The summed E-state index contributed by atoms with van der Waals surface area (Å²) in [5.41, 5.74) is 0.972. The lowest BCUT2D eigenvalue weighted by atomic mass is 10.2. The van der Waals surface area contributed by atoms with Gasteiger partial charge in [0.15, 0.2) is 6.61 Å². The Bertz CT molecular complexity index is 701. The number of nitrogens with one attached hydrogen (secondary N) is 1. The Balaban J connectivity index is 1.93. The molecule has 0 saturated carbocycles. The summed E-state index contributed by atoms with van der Waals surface area (Å²) < 4.78 is 18.1. The SMILES string of the molecule is Cc1cc([N+](=O)[O-])ccc1OCC(=O)Nc1ccc(F)cc1. The normalized spacial score (nSPS) is 10.1. The minimum atomic E-state index is -0.502. The van der Waals surface area contributed by atoms with Gasteiger partial charge in [-0.3, -0.25) is 14.9 Å². The quantitative estimate of drug-likeness (QED) is 0.680. The number of nitro benzene ring substituents is 1. The molecule has 2 aromatic rings. The van der Waals surface area contributed by atoms with Crippen LogP contribution in [0, 0.1) is 22.9 Å². The Morgan fingerprint density at radius 3 is 2.55 bits per heavy atom. The van der Waals surface area contributed by atoms with Crippen molar-refractivity contribution in [1.29, 1.82) is 0 Å². The van der Waals surface area contributed by atoms with Gasteiger partial charge in [0, 0.05) is 17.8 Å². The molecule has 0 spiro atoms. The fourth-order valence-corrected chi connectivity index (χ4v) is 1.78. The molecule has 0 aliphatic rings. The molecular weight excluding hydrogens is 291 g/mol. The van der Waals surface area contributed by atoms with Crippen LogP contribution in [0.2, 0.25) is 0 Å². The van der Waals surface area contributed by atoms with E-state index in [0.717, 1.165) is 0 Å². The van der Waals surface area contributed by atoms with Crippen LogP contribution in [0.5, 0.6) is 5.75 Å². The fourth-order valence-electron chi connectivity index (χ4n) is 1.78. The van der Waals surface area contributed by atoms with E-state index in [1.165, 1.54) is 42.5 Å². The second-order valence-electron chi connectivity index (χ2n) is 4.55. The molecule has 6 nitrogen and oxygen atoms in total. The zero-order valence-corrected chi connectivity index (χ0v) is 11.7. The van der Waals surface area contributed by atoms with Crippen LogP contribution in [0.1, 0.15) is 5.56 Å². The van der Waals surface area contributed by atoms with Gasteiger partial charge in [0.1, 0.15) is 11.6 Å². The molecule has 0 saturated heterocycles. The summed E-state index contributed by atoms with van der Waals surface area (Å²) in [6.45, 7) is 1.40. The Morgan fingerprint density at radius 2 is 1.95 bits per heavy atom. The highest BCUT2D eigenvalue weighted by Crippen LogP contribution is 2.23. The summed E-state index contributed by atoms with van der Waals surface area (Å²) in [4.78, 5) is 21.8. The third-order valence-electron chi connectivity index (χ3n) is 2.86. The third-order valence-corrected chi connectivity index (χ3v) is 2.86. The van der Waals surface area contributed by atoms with Gasteiger partial charge in [-0.25, -0.2) is 4.39 Å². The zero-order valence-electron chi connectivity index (χ0n) is 11.7. The van der Waals surface area contributed by atoms with Gasteiger partial charge in [-0.15, -0.1) is 0 Å². The number of benzene rings is 2.